The van der Waals surface area contributed by atoms with E-state index in [2.05, 4.69) is 9.97 Å². The van der Waals surface area contributed by atoms with Crippen LogP contribution in [0.25, 0.3) is 10.2 Å². The van der Waals surface area contributed by atoms with E-state index in [1.165, 1.54) is 16.2 Å². The van der Waals surface area contributed by atoms with E-state index in [1.54, 1.807) is 51.2 Å². The van der Waals surface area contributed by atoms with Crippen LogP contribution in [0.5, 0.6) is 5.75 Å². The van der Waals surface area contributed by atoms with Gasteiger partial charge >= 0.3 is 0 Å². The summed E-state index contributed by atoms with van der Waals surface area (Å²) in [6.07, 6.45) is 0. The number of hydrogen-bond donors (Lipinski definition) is 1. The zero-order valence-electron chi connectivity index (χ0n) is 14.6. The summed E-state index contributed by atoms with van der Waals surface area (Å²) >= 11 is 7.20. The van der Waals surface area contributed by atoms with E-state index in [0.29, 0.717) is 26.8 Å². The summed E-state index contributed by atoms with van der Waals surface area (Å²) in [6, 6.07) is 8.60. The average Bonchev–Trinajstić information content (AvgIpc) is 3.05. The number of amides is 1. The van der Waals surface area contributed by atoms with Crippen LogP contribution in [0.4, 0.5) is 0 Å². The first-order chi connectivity index (χ1) is 12.3. The highest BCUT2D eigenvalue weighted by Crippen LogP contribution is 2.22. The monoisotopic (exact) mass is 391 g/mol. The topological polar surface area (TPSA) is 75.3 Å². The van der Waals surface area contributed by atoms with E-state index in [-0.39, 0.29) is 18.0 Å². The molecule has 1 aromatic carbocycles. The van der Waals surface area contributed by atoms with Gasteiger partial charge in [0.15, 0.2) is 5.60 Å². The molecule has 0 radical (unpaired) electrons. The average molecular weight is 392 g/mol. The Morgan fingerprint density at radius 2 is 2.00 bits per heavy atom. The van der Waals surface area contributed by atoms with Crippen molar-refractivity contribution in [2.45, 2.75) is 26.0 Å². The highest BCUT2D eigenvalue weighted by molar-refractivity contribution is 7.17. The van der Waals surface area contributed by atoms with Crippen LogP contribution in [0.2, 0.25) is 5.02 Å². The Kier molecular flexibility index (Phi) is 5.02. The van der Waals surface area contributed by atoms with Gasteiger partial charge < -0.3 is 14.6 Å². The number of carbonyl (C=O) groups excluding carboxylic acids is 1. The molecule has 0 atom stereocenters. The maximum Gasteiger partial charge on any atom is 0.268 e. The van der Waals surface area contributed by atoms with Gasteiger partial charge in [-0.3, -0.25) is 9.59 Å². The van der Waals surface area contributed by atoms with Gasteiger partial charge in [-0.2, -0.15) is 0 Å². The van der Waals surface area contributed by atoms with E-state index in [9.17, 15) is 9.59 Å². The molecule has 0 fully saturated rings. The van der Waals surface area contributed by atoms with Crippen molar-refractivity contribution in [2.75, 3.05) is 7.05 Å². The normalized spacial score (nSPS) is 11.5. The fourth-order valence-electron chi connectivity index (χ4n) is 2.59. The summed E-state index contributed by atoms with van der Waals surface area (Å²) in [5.41, 5.74) is -0.654. The quantitative estimate of drug-likeness (QED) is 0.722. The minimum Gasteiger partial charge on any atom is -0.478 e. The number of rotatable bonds is 5. The molecule has 0 unspecified atom stereocenters. The molecule has 2 heterocycles. The van der Waals surface area contributed by atoms with Crippen LogP contribution < -0.4 is 10.3 Å². The van der Waals surface area contributed by atoms with Crippen molar-refractivity contribution in [3.05, 3.63) is 56.9 Å². The van der Waals surface area contributed by atoms with E-state index < -0.39 is 5.60 Å². The fraction of sp³-hybridized carbons (Fsp3) is 0.278. The Labute approximate surface area is 159 Å². The molecule has 136 valence electrons. The Hall–Kier alpha value is -2.38. The summed E-state index contributed by atoms with van der Waals surface area (Å²) in [4.78, 5) is 33.5. The highest BCUT2D eigenvalue weighted by Gasteiger charge is 2.33. The third kappa shape index (κ3) is 3.89. The molecule has 0 saturated heterocycles. The lowest BCUT2D eigenvalue weighted by molar-refractivity contribution is -0.144. The largest absolute Gasteiger partial charge is 0.478 e. The maximum absolute atomic E-state index is 12.8. The number of benzene rings is 1. The van der Waals surface area contributed by atoms with Crippen molar-refractivity contribution in [3.63, 3.8) is 0 Å². The summed E-state index contributed by atoms with van der Waals surface area (Å²) in [6.45, 7) is 3.56. The van der Waals surface area contributed by atoms with Crippen LogP contribution >= 0.6 is 22.9 Å². The smallest absolute Gasteiger partial charge is 0.268 e. The van der Waals surface area contributed by atoms with E-state index in [4.69, 9.17) is 16.3 Å². The number of thiophene rings is 1. The second-order valence-corrected chi connectivity index (χ2v) is 7.73. The van der Waals surface area contributed by atoms with Crippen molar-refractivity contribution in [3.8, 4) is 5.75 Å². The third-order valence-electron chi connectivity index (χ3n) is 3.80. The number of hydrogen-bond acceptors (Lipinski definition) is 5. The van der Waals surface area contributed by atoms with Gasteiger partial charge in [-0.05, 0) is 49.6 Å². The molecule has 0 bridgehead atoms. The second kappa shape index (κ2) is 7.09. The van der Waals surface area contributed by atoms with Gasteiger partial charge in [-0.15, -0.1) is 11.3 Å². The Morgan fingerprint density at radius 1 is 1.31 bits per heavy atom. The van der Waals surface area contributed by atoms with Gasteiger partial charge in [0.25, 0.3) is 11.5 Å². The Morgan fingerprint density at radius 3 is 2.69 bits per heavy atom. The lowest BCUT2D eigenvalue weighted by Gasteiger charge is -2.30. The highest BCUT2D eigenvalue weighted by atomic mass is 35.5. The maximum atomic E-state index is 12.8. The minimum absolute atomic E-state index is 0.174. The van der Waals surface area contributed by atoms with Gasteiger partial charge in [0.2, 0.25) is 0 Å². The molecule has 6 nitrogen and oxygen atoms in total. The summed E-state index contributed by atoms with van der Waals surface area (Å²) in [5, 5.41) is 2.41. The number of likely N-dealkylation sites (N-methyl/N-ethyl adjacent to an activating group) is 1. The number of halogens is 1. The lowest BCUT2D eigenvalue weighted by Crippen LogP contribution is -2.47. The minimum atomic E-state index is -1.09. The van der Waals surface area contributed by atoms with Crippen LogP contribution in [0.3, 0.4) is 0 Å². The second-order valence-electron chi connectivity index (χ2n) is 6.38. The van der Waals surface area contributed by atoms with Gasteiger partial charge in [0.05, 0.1) is 12.1 Å². The Balaban J connectivity index is 1.74. The van der Waals surface area contributed by atoms with E-state index in [1.807, 2.05) is 5.38 Å². The molecule has 3 aromatic rings. The molecule has 0 aliphatic rings. The molecule has 8 heteroatoms. The molecule has 0 aliphatic carbocycles. The predicted molar refractivity (Wildman–Crippen MR) is 103 cm³/mol. The summed E-state index contributed by atoms with van der Waals surface area (Å²) < 4.78 is 6.40. The molecule has 0 aliphatic heterocycles. The van der Waals surface area contributed by atoms with Crippen LogP contribution in [0, 0.1) is 0 Å². The molecule has 1 amide bonds. The number of aromatic nitrogens is 2. The first-order valence-corrected chi connectivity index (χ1v) is 9.18. The summed E-state index contributed by atoms with van der Waals surface area (Å²) in [5.74, 6) is 0.743. The van der Waals surface area contributed by atoms with Crippen molar-refractivity contribution >= 4 is 39.1 Å². The van der Waals surface area contributed by atoms with Crippen LogP contribution in [-0.2, 0) is 11.3 Å². The van der Waals surface area contributed by atoms with E-state index in [0.717, 1.165) is 0 Å². The zero-order valence-corrected chi connectivity index (χ0v) is 16.1. The SMILES string of the molecule is CN(Cc1nc2ccsc2c(=O)[nH]1)C(=O)C(C)(C)Oc1ccc(Cl)cc1. The number of aromatic amines is 1. The Bertz CT molecular complexity index is 995. The van der Waals surface area contributed by atoms with Gasteiger partial charge in [-0.1, -0.05) is 11.6 Å². The molecule has 3 rings (SSSR count). The molecular formula is C18H18ClN3O3S. The molecule has 2 aromatic heterocycles. The number of nitrogens with one attached hydrogen (secondary N) is 1. The van der Waals surface area contributed by atoms with Gasteiger partial charge in [-0.25, -0.2) is 4.98 Å². The number of carbonyl (C=O) groups is 1. The van der Waals surface area contributed by atoms with Crippen molar-refractivity contribution in [2.24, 2.45) is 0 Å². The number of H-pyrrole nitrogens is 1. The fourth-order valence-corrected chi connectivity index (χ4v) is 3.45. The molecule has 1 N–H and O–H groups in total. The first kappa shape index (κ1) is 18.4. The first-order valence-electron chi connectivity index (χ1n) is 7.93. The van der Waals surface area contributed by atoms with Crippen LogP contribution in [0.1, 0.15) is 19.7 Å². The predicted octanol–water partition coefficient (Wildman–Crippen LogP) is 3.45. The molecular weight excluding hydrogens is 374 g/mol. The molecule has 26 heavy (non-hydrogen) atoms. The molecule has 0 spiro atoms. The molecule has 0 saturated carbocycles. The van der Waals surface area contributed by atoms with Gasteiger partial charge in [0, 0.05) is 12.1 Å². The van der Waals surface area contributed by atoms with Gasteiger partial charge in [0.1, 0.15) is 16.3 Å². The summed E-state index contributed by atoms with van der Waals surface area (Å²) in [7, 11) is 1.65. The lowest BCUT2D eigenvalue weighted by atomic mass is 10.1. The van der Waals surface area contributed by atoms with E-state index >= 15 is 0 Å². The standard InChI is InChI=1S/C18H18ClN3O3S/c1-18(2,25-12-6-4-11(19)5-7-12)17(24)22(3)10-14-20-13-8-9-26-15(13)16(23)21-14/h4-9H,10H2,1-3H3,(H,20,21,23). The third-order valence-corrected chi connectivity index (χ3v) is 4.95. The van der Waals surface area contributed by atoms with Crippen LogP contribution in [0.15, 0.2) is 40.5 Å². The zero-order chi connectivity index (χ0) is 18.9. The van der Waals surface area contributed by atoms with Crippen molar-refractivity contribution < 1.29 is 9.53 Å². The number of fused-ring (bicyclic) bond motifs is 1. The van der Waals surface area contributed by atoms with Crippen molar-refractivity contribution in [1.29, 1.82) is 0 Å². The number of ether oxygens (including phenoxy) is 1. The van der Waals surface area contributed by atoms with Crippen molar-refractivity contribution in [1.82, 2.24) is 14.9 Å². The van der Waals surface area contributed by atoms with Crippen LogP contribution in [-0.4, -0.2) is 33.4 Å². The number of nitrogens with zero attached hydrogens (tertiary/aromatic N) is 2.